The summed E-state index contributed by atoms with van der Waals surface area (Å²) in [5.74, 6) is 3.72. The topological polar surface area (TPSA) is 12.5 Å². The maximum absolute atomic E-state index is 6.41. The smallest absolute Gasteiger partial charge is 0.132 e. The summed E-state index contributed by atoms with van der Waals surface area (Å²) >= 11 is 0. The molecule has 1 heterocycles. The fourth-order valence-corrected chi connectivity index (χ4v) is 4.76. The van der Waals surface area contributed by atoms with E-state index in [0.717, 1.165) is 36.9 Å². The number of fused-ring (bicyclic) bond motifs is 2. The molecule has 2 nitrogen and oxygen atoms in total. The van der Waals surface area contributed by atoms with Gasteiger partial charge in [-0.15, -0.1) is 0 Å². The average Bonchev–Trinajstić information content (AvgIpc) is 2.62. The van der Waals surface area contributed by atoms with Crippen molar-refractivity contribution in [3.63, 3.8) is 0 Å². The highest BCUT2D eigenvalue weighted by molar-refractivity contribution is 5.56. The molecule has 24 heavy (non-hydrogen) atoms. The molecule has 3 aliphatic carbocycles. The maximum atomic E-state index is 6.41. The first-order chi connectivity index (χ1) is 11.5. The second kappa shape index (κ2) is 5.68. The number of hydrogen-bond donors (Lipinski definition) is 0. The van der Waals surface area contributed by atoms with E-state index in [4.69, 9.17) is 4.74 Å². The van der Waals surface area contributed by atoms with Crippen molar-refractivity contribution >= 4 is 5.69 Å². The van der Waals surface area contributed by atoms with E-state index in [1.807, 2.05) is 0 Å². The molecule has 4 aliphatic rings. The summed E-state index contributed by atoms with van der Waals surface area (Å²) in [5, 5.41) is 0. The fraction of sp³-hybridized carbons (Fsp3) is 0.545. The molecule has 0 amide bonds. The van der Waals surface area contributed by atoms with Crippen LogP contribution in [0.25, 0.3) is 0 Å². The molecule has 0 saturated heterocycles. The quantitative estimate of drug-likeness (QED) is 0.741. The van der Waals surface area contributed by atoms with Crippen molar-refractivity contribution in [1.82, 2.24) is 0 Å². The molecule has 2 heteroatoms. The van der Waals surface area contributed by atoms with Crippen LogP contribution in [0.2, 0.25) is 0 Å². The number of ether oxygens (including phenoxy) is 1. The third kappa shape index (κ3) is 2.30. The highest BCUT2D eigenvalue weighted by atomic mass is 16.5. The number of benzene rings is 1. The molecule has 2 unspecified atom stereocenters. The summed E-state index contributed by atoms with van der Waals surface area (Å²) in [7, 11) is 0. The van der Waals surface area contributed by atoms with Crippen LogP contribution in [0.3, 0.4) is 0 Å². The number of anilines is 1. The zero-order valence-corrected chi connectivity index (χ0v) is 15.4. The number of rotatable bonds is 4. The highest BCUT2D eigenvalue weighted by Gasteiger charge is 2.52. The molecule has 1 saturated carbocycles. The van der Waals surface area contributed by atoms with Gasteiger partial charge in [0.15, 0.2) is 0 Å². The van der Waals surface area contributed by atoms with Gasteiger partial charge in [-0.3, -0.25) is 0 Å². The van der Waals surface area contributed by atoms with Crippen LogP contribution in [0.4, 0.5) is 5.69 Å². The second-order valence-corrected chi connectivity index (χ2v) is 8.04. The Morgan fingerprint density at radius 3 is 2.62 bits per heavy atom. The van der Waals surface area contributed by atoms with Crippen LogP contribution in [0.15, 0.2) is 41.7 Å². The lowest BCUT2D eigenvalue weighted by molar-refractivity contribution is -0.00714. The van der Waals surface area contributed by atoms with Crippen LogP contribution < -0.4 is 9.64 Å². The van der Waals surface area contributed by atoms with E-state index in [2.05, 4.69) is 62.9 Å². The fourth-order valence-electron chi connectivity index (χ4n) is 4.76. The minimum Gasteiger partial charge on any atom is -0.457 e. The summed E-state index contributed by atoms with van der Waals surface area (Å²) in [6.07, 6.45) is 8.27. The summed E-state index contributed by atoms with van der Waals surface area (Å²) in [5.41, 5.74) is 4.47. The van der Waals surface area contributed by atoms with Gasteiger partial charge < -0.3 is 9.64 Å². The van der Waals surface area contributed by atoms with Crippen LogP contribution >= 0.6 is 0 Å². The largest absolute Gasteiger partial charge is 0.457 e. The zero-order chi connectivity index (χ0) is 16.9. The lowest BCUT2D eigenvalue weighted by Gasteiger charge is -2.56. The van der Waals surface area contributed by atoms with E-state index < -0.39 is 0 Å². The molecule has 0 spiro atoms. The second-order valence-electron chi connectivity index (χ2n) is 8.04. The third-order valence-corrected chi connectivity index (χ3v) is 6.66. The molecule has 1 aliphatic heterocycles. The van der Waals surface area contributed by atoms with Gasteiger partial charge >= 0.3 is 0 Å². The van der Waals surface area contributed by atoms with E-state index in [1.165, 1.54) is 29.7 Å². The van der Waals surface area contributed by atoms with Crippen molar-refractivity contribution in [3.05, 3.63) is 47.2 Å². The first kappa shape index (κ1) is 15.8. The van der Waals surface area contributed by atoms with E-state index >= 15 is 0 Å². The third-order valence-electron chi connectivity index (χ3n) is 6.66. The zero-order valence-electron chi connectivity index (χ0n) is 15.4. The molecular formula is C22H29NO. The molecule has 5 rings (SSSR count). The van der Waals surface area contributed by atoms with Crippen molar-refractivity contribution < 1.29 is 4.74 Å². The van der Waals surface area contributed by atoms with Crippen molar-refractivity contribution in [2.24, 2.45) is 17.3 Å². The van der Waals surface area contributed by atoms with E-state index in [9.17, 15) is 0 Å². The van der Waals surface area contributed by atoms with Gasteiger partial charge in [-0.1, -0.05) is 26.0 Å². The number of hydrogen-bond acceptors (Lipinski definition) is 2. The molecule has 2 atom stereocenters. The van der Waals surface area contributed by atoms with Gasteiger partial charge in [0.05, 0.1) is 0 Å². The van der Waals surface area contributed by atoms with Gasteiger partial charge in [0.1, 0.15) is 11.5 Å². The van der Waals surface area contributed by atoms with Crippen LogP contribution in [0.5, 0.6) is 5.75 Å². The maximum Gasteiger partial charge on any atom is 0.132 e. The Bertz CT molecular complexity index is 709. The Labute approximate surface area is 146 Å². The van der Waals surface area contributed by atoms with Crippen LogP contribution in [-0.2, 0) is 6.42 Å². The minimum atomic E-state index is 0.442. The molecule has 128 valence electrons. The predicted molar refractivity (Wildman–Crippen MR) is 100 cm³/mol. The normalized spacial score (nSPS) is 26.5. The van der Waals surface area contributed by atoms with Crippen molar-refractivity contribution in [1.29, 1.82) is 0 Å². The molecule has 0 aromatic heterocycles. The monoisotopic (exact) mass is 323 g/mol. The molecule has 1 fully saturated rings. The molecule has 0 N–H and O–H groups in total. The van der Waals surface area contributed by atoms with Gasteiger partial charge in [-0.05, 0) is 73.6 Å². The lowest BCUT2D eigenvalue weighted by atomic mass is 9.48. The summed E-state index contributed by atoms with van der Waals surface area (Å²) in [6.45, 7) is 11.3. The average molecular weight is 323 g/mol. The Morgan fingerprint density at radius 1 is 1.17 bits per heavy atom. The molecular weight excluding hydrogens is 294 g/mol. The van der Waals surface area contributed by atoms with Crippen LogP contribution in [0, 0.1) is 17.3 Å². The SMILES string of the molecule is CCN(CC)c1ccc2c(c1)OC(C1=CCC3CC1C3(C)C)=CC2. The Balaban J connectivity index is 1.60. The van der Waals surface area contributed by atoms with Crippen LogP contribution in [0.1, 0.15) is 46.1 Å². The summed E-state index contributed by atoms with van der Waals surface area (Å²) in [4.78, 5) is 2.38. The van der Waals surface area contributed by atoms with Gasteiger partial charge in [0.2, 0.25) is 0 Å². The Morgan fingerprint density at radius 2 is 1.96 bits per heavy atom. The first-order valence-corrected chi connectivity index (χ1v) is 9.50. The molecule has 1 aromatic carbocycles. The van der Waals surface area contributed by atoms with Gasteiger partial charge in [-0.2, -0.15) is 0 Å². The van der Waals surface area contributed by atoms with E-state index in [-0.39, 0.29) is 0 Å². The van der Waals surface area contributed by atoms with Crippen molar-refractivity contribution in [2.75, 3.05) is 18.0 Å². The van der Waals surface area contributed by atoms with E-state index in [1.54, 1.807) is 0 Å². The number of allylic oxidation sites excluding steroid dienone is 3. The van der Waals surface area contributed by atoms with Crippen molar-refractivity contribution in [3.8, 4) is 5.75 Å². The number of nitrogens with zero attached hydrogens (tertiary/aromatic N) is 1. The van der Waals surface area contributed by atoms with Gasteiger partial charge in [-0.25, -0.2) is 0 Å². The summed E-state index contributed by atoms with van der Waals surface area (Å²) in [6, 6.07) is 6.69. The van der Waals surface area contributed by atoms with Crippen LogP contribution in [-0.4, -0.2) is 13.1 Å². The van der Waals surface area contributed by atoms with Gasteiger partial charge in [0.25, 0.3) is 0 Å². The van der Waals surface area contributed by atoms with E-state index in [0.29, 0.717) is 11.3 Å². The predicted octanol–water partition coefficient (Wildman–Crippen LogP) is 5.34. The Hall–Kier alpha value is -1.70. The van der Waals surface area contributed by atoms with Crippen molar-refractivity contribution in [2.45, 2.75) is 47.0 Å². The van der Waals surface area contributed by atoms with Gasteiger partial charge in [0, 0.05) is 24.8 Å². The Kier molecular flexibility index (Phi) is 3.74. The first-order valence-electron chi connectivity index (χ1n) is 9.50. The molecule has 1 aromatic rings. The molecule has 0 radical (unpaired) electrons. The highest BCUT2D eigenvalue weighted by Crippen LogP contribution is 2.60. The minimum absolute atomic E-state index is 0.442. The standard InChI is InChI=1S/C22H29NO/c1-5-23(6-2)17-10-7-15-8-12-20(24-21(15)14-17)18-11-9-16-13-19(18)22(16,3)4/h7,10-12,14,16,19H,5-6,8-9,13H2,1-4H3. The summed E-state index contributed by atoms with van der Waals surface area (Å²) < 4.78 is 6.41. The lowest BCUT2D eigenvalue weighted by Crippen LogP contribution is -2.48. The molecule has 2 bridgehead atoms.